The minimum Gasteiger partial charge on any atom is -0.266 e. The summed E-state index contributed by atoms with van der Waals surface area (Å²) < 4.78 is 0. The third kappa shape index (κ3) is 1.98. The van der Waals surface area contributed by atoms with Gasteiger partial charge in [-0.1, -0.05) is 12.1 Å². The van der Waals surface area contributed by atoms with Gasteiger partial charge in [-0.2, -0.15) is 0 Å². The second-order valence-corrected chi connectivity index (χ2v) is 3.92. The Hall–Kier alpha value is -2.60. The summed E-state index contributed by atoms with van der Waals surface area (Å²) in [6.07, 6.45) is 2.94. The molecule has 0 saturated carbocycles. The molecule has 3 rings (SSSR count). The van der Waals surface area contributed by atoms with Gasteiger partial charge in [0.15, 0.2) is 0 Å². The first-order chi connectivity index (χ1) is 9.27. The van der Waals surface area contributed by atoms with Crippen LogP contribution >= 0.6 is 0 Å². The van der Waals surface area contributed by atoms with Crippen molar-refractivity contribution in [2.75, 3.05) is 0 Å². The maximum atomic E-state index is 12.0. The van der Waals surface area contributed by atoms with Crippen LogP contribution in [0.4, 0.5) is 0 Å². The van der Waals surface area contributed by atoms with Gasteiger partial charge in [-0.25, -0.2) is 9.97 Å². The van der Waals surface area contributed by atoms with Crippen LogP contribution in [0.5, 0.6) is 0 Å². The van der Waals surface area contributed by atoms with Gasteiger partial charge in [-0.3, -0.25) is 14.4 Å². The van der Waals surface area contributed by atoms with Gasteiger partial charge >= 0.3 is 0 Å². The van der Waals surface area contributed by atoms with Gasteiger partial charge in [-0.05, 0) is 18.2 Å². The zero-order valence-electron chi connectivity index (χ0n) is 9.81. The topological polar surface area (TPSA) is 72.4 Å². The van der Waals surface area contributed by atoms with E-state index in [0.29, 0.717) is 16.8 Å². The molecule has 0 unspecified atom stereocenters. The number of imide groups is 1. The zero-order chi connectivity index (χ0) is 13.2. The van der Waals surface area contributed by atoms with Crippen LogP contribution in [0.25, 0.3) is 0 Å². The maximum Gasteiger partial charge on any atom is 0.285 e. The minimum absolute atomic E-state index is 0.0357. The van der Waals surface area contributed by atoms with Crippen LogP contribution in [0.1, 0.15) is 26.4 Å². The predicted octanol–water partition coefficient (Wildman–Crippen LogP) is 1.20. The van der Waals surface area contributed by atoms with E-state index in [1.165, 1.54) is 6.33 Å². The molecule has 0 radical (unpaired) electrons. The standard InChI is InChI=1S/C13H9N3O3/c17-12-10-3-1-2-4-11(10)13(18)16(12)19-7-9-5-6-14-8-15-9/h1-6,8H,7H2. The third-order valence-corrected chi connectivity index (χ3v) is 2.74. The fourth-order valence-electron chi connectivity index (χ4n) is 1.82. The lowest BCUT2D eigenvalue weighted by molar-refractivity contribution is -0.102. The number of amides is 2. The number of nitrogens with zero attached hydrogens (tertiary/aromatic N) is 3. The van der Waals surface area contributed by atoms with Crippen molar-refractivity contribution in [3.8, 4) is 0 Å². The van der Waals surface area contributed by atoms with Crippen molar-refractivity contribution < 1.29 is 14.4 Å². The summed E-state index contributed by atoms with van der Waals surface area (Å²) in [6.45, 7) is 0.0357. The fourth-order valence-corrected chi connectivity index (χ4v) is 1.82. The molecule has 0 N–H and O–H groups in total. The largest absolute Gasteiger partial charge is 0.285 e. The number of aromatic nitrogens is 2. The Bertz CT molecular complexity index is 608. The summed E-state index contributed by atoms with van der Waals surface area (Å²) in [6, 6.07) is 8.27. The molecular weight excluding hydrogens is 246 g/mol. The summed E-state index contributed by atoms with van der Waals surface area (Å²) in [7, 11) is 0. The van der Waals surface area contributed by atoms with Gasteiger partial charge in [0, 0.05) is 6.20 Å². The number of carbonyl (C=O) groups excluding carboxylic acids is 2. The molecule has 2 heterocycles. The monoisotopic (exact) mass is 255 g/mol. The number of hydroxylamine groups is 2. The molecule has 0 spiro atoms. The van der Waals surface area contributed by atoms with Crippen molar-refractivity contribution in [2.45, 2.75) is 6.61 Å². The van der Waals surface area contributed by atoms with Gasteiger partial charge in [0.05, 0.1) is 16.8 Å². The normalized spacial score (nSPS) is 13.8. The van der Waals surface area contributed by atoms with Crippen LogP contribution in [0.15, 0.2) is 42.9 Å². The Kier molecular flexibility index (Phi) is 2.77. The lowest BCUT2D eigenvalue weighted by Gasteiger charge is -2.12. The second-order valence-electron chi connectivity index (χ2n) is 3.92. The highest BCUT2D eigenvalue weighted by Crippen LogP contribution is 2.22. The van der Waals surface area contributed by atoms with E-state index in [9.17, 15) is 9.59 Å². The van der Waals surface area contributed by atoms with E-state index in [0.717, 1.165) is 5.06 Å². The summed E-state index contributed by atoms with van der Waals surface area (Å²) in [5.74, 6) is -0.899. The van der Waals surface area contributed by atoms with E-state index >= 15 is 0 Å². The van der Waals surface area contributed by atoms with Gasteiger partial charge in [0.2, 0.25) is 0 Å². The Labute approximate surface area is 108 Å². The van der Waals surface area contributed by atoms with Crippen molar-refractivity contribution in [3.05, 3.63) is 59.7 Å². The third-order valence-electron chi connectivity index (χ3n) is 2.74. The minimum atomic E-state index is -0.449. The molecule has 1 aliphatic rings. The molecule has 6 nitrogen and oxygen atoms in total. The Morgan fingerprint density at radius 3 is 2.32 bits per heavy atom. The summed E-state index contributed by atoms with van der Waals surface area (Å²) >= 11 is 0. The Morgan fingerprint density at radius 2 is 1.74 bits per heavy atom. The predicted molar refractivity (Wildman–Crippen MR) is 63.8 cm³/mol. The van der Waals surface area contributed by atoms with Crippen molar-refractivity contribution in [1.82, 2.24) is 15.0 Å². The van der Waals surface area contributed by atoms with E-state index in [1.54, 1.807) is 36.5 Å². The summed E-state index contributed by atoms with van der Waals surface area (Å²) in [5.41, 5.74) is 1.30. The quantitative estimate of drug-likeness (QED) is 0.771. The molecule has 0 fully saturated rings. The summed E-state index contributed by atoms with van der Waals surface area (Å²) in [4.78, 5) is 36.9. The number of hydrogen-bond donors (Lipinski definition) is 0. The SMILES string of the molecule is O=C1c2ccccc2C(=O)N1OCc1ccncn1. The first-order valence-corrected chi connectivity index (χ1v) is 5.63. The van der Waals surface area contributed by atoms with Gasteiger partial charge < -0.3 is 0 Å². The van der Waals surface area contributed by atoms with Crippen LogP contribution in [-0.2, 0) is 11.4 Å². The average Bonchev–Trinajstić information content (AvgIpc) is 2.71. The fraction of sp³-hybridized carbons (Fsp3) is 0.0769. The van der Waals surface area contributed by atoms with E-state index in [-0.39, 0.29) is 6.61 Å². The number of benzene rings is 1. The van der Waals surface area contributed by atoms with Crippen LogP contribution < -0.4 is 0 Å². The number of rotatable bonds is 3. The first-order valence-electron chi connectivity index (χ1n) is 5.63. The van der Waals surface area contributed by atoms with E-state index in [2.05, 4.69) is 9.97 Å². The second kappa shape index (κ2) is 4.58. The van der Waals surface area contributed by atoms with Crippen LogP contribution in [0.3, 0.4) is 0 Å². The molecule has 19 heavy (non-hydrogen) atoms. The molecule has 0 aliphatic carbocycles. The van der Waals surface area contributed by atoms with Gasteiger partial charge in [0.25, 0.3) is 11.8 Å². The smallest absolute Gasteiger partial charge is 0.266 e. The molecule has 2 amide bonds. The van der Waals surface area contributed by atoms with Gasteiger partial charge in [-0.15, -0.1) is 5.06 Å². The Morgan fingerprint density at radius 1 is 1.05 bits per heavy atom. The zero-order valence-corrected chi connectivity index (χ0v) is 9.81. The van der Waals surface area contributed by atoms with Crippen LogP contribution in [0, 0.1) is 0 Å². The molecule has 2 aromatic rings. The Balaban J connectivity index is 1.78. The highest BCUT2D eigenvalue weighted by Gasteiger charge is 2.36. The van der Waals surface area contributed by atoms with E-state index in [1.807, 2.05) is 0 Å². The molecule has 1 aliphatic heterocycles. The van der Waals surface area contributed by atoms with Crippen molar-refractivity contribution in [3.63, 3.8) is 0 Å². The van der Waals surface area contributed by atoms with E-state index in [4.69, 9.17) is 4.84 Å². The number of hydrogen-bond acceptors (Lipinski definition) is 5. The molecule has 0 atom stereocenters. The molecule has 0 saturated heterocycles. The van der Waals surface area contributed by atoms with Gasteiger partial charge in [0.1, 0.15) is 12.9 Å². The number of carbonyl (C=O) groups is 2. The molecule has 1 aromatic carbocycles. The van der Waals surface area contributed by atoms with Crippen molar-refractivity contribution in [1.29, 1.82) is 0 Å². The van der Waals surface area contributed by atoms with Crippen LogP contribution in [-0.4, -0.2) is 26.8 Å². The average molecular weight is 255 g/mol. The number of fused-ring (bicyclic) bond motifs is 1. The highest BCUT2D eigenvalue weighted by molar-refractivity contribution is 6.20. The molecule has 1 aromatic heterocycles. The highest BCUT2D eigenvalue weighted by atomic mass is 16.7. The first kappa shape index (κ1) is 11.5. The molecule has 0 bridgehead atoms. The maximum absolute atomic E-state index is 12.0. The molecule has 94 valence electrons. The molecular formula is C13H9N3O3. The van der Waals surface area contributed by atoms with Crippen molar-refractivity contribution in [2.24, 2.45) is 0 Å². The van der Waals surface area contributed by atoms with E-state index < -0.39 is 11.8 Å². The lowest BCUT2D eigenvalue weighted by Crippen LogP contribution is -2.29. The lowest BCUT2D eigenvalue weighted by atomic mass is 10.1. The van der Waals surface area contributed by atoms with Crippen LogP contribution in [0.2, 0.25) is 0 Å². The molecule has 6 heteroatoms. The van der Waals surface area contributed by atoms with Crippen molar-refractivity contribution >= 4 is 11.8 Å². The summed E-state index contributed by atoms with van der Waals surface area (Å²) in [5, 5.41) is 0.771.